The van der Waals surface area contributed by atoms with E-state index in [1.54, 1.807) is 29.3 Å². The van der Waals surface area contributed by atoms with Gasteiger partial charge in [-0.25, -0.2) is 4.39 Å². The van der Waals surface area contributed by atoms with E-state index in [2.05, 4.69) is 0 Å². The molecule has 2 aliphatic rings. The van der Waals surface area contributed by atoms with E-state index in [9.17, 15) is 18.8 Å². The summed E-state index contributed by atoms with van der Waals surface area (Å²) in [5.74, 6) is -0.743. The molecule has 2 aromatic rings. The van der Waals surface area contributed by atoms with E-state index >= 15 is 0 Å². The Kier molecular flexibility index (Phi) is 4.98. The van der Waals surface area contributed by atoms with E-state index in [0.29, 0.717) is 51.1 Å². The summed E-state index contributed by atoms with van der Waals surface area (Å²) in [6, 6.07) is 7.32. The smallest absolute Gasteiger partial charge is 0.309 e. The summed E-state index contributed by atoms with van der Waals surface area (Å²) in [5.41, 5.74) is 2.25. The Morgan fingerprint density at radius 1 is 1.18 bits per heavy atom. The molecule has 3 heterocycles. The number of carbonyl (C=O) groups excluding carboxylic acids is 2. The summed E-state index contributed by atoms with van der Waals surface area (Å²) in [6.45, 7) is 1.42. The molecular formula is C21H21FN2O4. The number of fused-ring (bicyclic) bond motifs is 1. The van der Waals surface area contributed by atoms with E-state index in [0.717, 1.165) is 11.1 Å². The monoisotopic (exact) mass is 384 g/mol. The Morgan fingerprint density at radius 2 is 1.96 bits per heavy atom. The SMILES string of the molecule is O=C1OCCC1CCC(=O)N1CCc2cc(=O)n(-c3ccc(F)cc3)cc2C1. The number of amides is 1. The number of pyridine rings is 1. The van der Waals surface area contributed by atoms with Gasteiger partial charge in [0.25, 0.3) is 5.56 Å². The number of benzene rings is 1. The van der Waals surface area contributed by atoms with Gasteiger partial charge in [-0.15, -0.1) is 0 Å². The zero-order chi connectivity index (χ0) is 19.7. The third-order valence-electron chi connectivity index (χ3n) is 5.45. The summed E-state index contributed by atoms with van der Waals surface area (Å²) in [4.78, 5) is 38.3. The lowest BCUT2D eigenvalue weighted by Gasteiger charge is -2.29. The zero-order valence-electron chi connectivity index (χ0n) is 15.4. The fourth-order valence-corrected chi connectivity index (χ4v) is 3.80. The molecule has 1 fully saturated rings. The Morgan fingerprint density at radius 3 is 2.68 bits per heavy atom. The van der Waals surface area contributed by atoms with Gasteiger partial charge in [-0.05, 0) is 54.7 Å². The molecule has 7 heteroatoms. The van der Waals surface area contributed by atoms with Crippen LogP contribution in [0, 0.1) is 11.7 Å². The van der Waals surface area contributed by atoms with Crippen LogP contribution in [-0.2, 0) is 27.3 Å². The van der Waals surface area contributed by atoms with Crippen molar-refractivity contribution in [2.24, 2.45) is 5.92 Å². The van der Waals surface area contributed by atoms with Crippen LogP contribution in [0.5, 0.6) is 0 Å². The van der Waals surface area contributed by atoms with Gasteiger partial charge in [0, 0.05) is 37.5 Å². The first-order valence-electron chi connectivity index (χ1n) is 9.46. The summed E-state index contributed by atoms with van der Waals surface area (Å²) in [7, 11) is 0. The fraction of sp³-hybridized carbons (Fsp3) is 0.381. The summed E-state index contributed by atoms with van der Waals surface area (Å²) < 4.78 is 19.6. The van der Waals surface area contributed by atoms with Crippen molar-refractivity contribution in [1.29, 1.82) is 0 Å². The van der Waals surface area contributed by atoms with E-state index in [1.165, 1.54) is 16.7 Å². The summed E-state index contributed by atoms with van der Waals surface area (Å²) >= 11 is 0. The Labute approximate surface area is 161 Å². The molecule has 1 aromatic heterocycles. The summed E-state index contributed by atoms with van der Waals surface area (Å²) in [6.07, 6.45) is 3.85. The average molecular weight is 384 g/mol. The zero-order valence-corrected chi connectivity index (χ0v) is 15.4. The van der Waals surface area contributed by atoms with Gasteiger partial charge in [-0.2, -0.15) is 0 Å². The maximum Gasteiger partial charge on any atom is 0.309 e. The van der Waals surface area contributed by atoms with Gasteiger partial charge in [-0.3, -0.25) is 19.0 Å². The molecule has 1 atom stereocenters. The first-order chi connectivity index (χ1) is 13.5. The molecule has 4 rings (SSSR count). The first-order valence-corrected chi connectivity index (χ1v) is 9.46. The molecule has 2 aliphatic heterocycles. The largest absolute Gasteiger partial charge is 0.465 e. The lowest BCUT2D eigenvalue weighted by Crippen LogP contribution is -2.37. The molecule has 1 amide bonds. The number of hydrogen-bond donors (Lipinski definition) is 0. The molecule has 1 saturated heterocycles. The number of cyclic esters (lactones) is 1. The van der Waals surface area contributed by atoms with E-state index in [-0.39, 0.29) is 29.2 Å². The number of rotatable bonds is 4. The highest BCUT2D eigenvalue weighted by atomic mass is 19.1. The number of carbonyl (C=O) groups is 2. The van der Waals surface area contributed by atoms with E-state index < -0.39 is 0 Å². The quantitative estimate of drug-likeness (QED) is 0.758. The molecular weight excluding hydrogens is 363 g/mol. The van der Waals surface area contributed by atoms with Gasteiger partial charge >= 0.3 is 5.97 Å². The number of nitrogens with zero attached hydrogens (tertiary/aromatic N) is 2. The molecule has 0 radical (unpaired) electrons. The maximum atomic E-state index is 13.2. The third kappa shape index (κ3) is 3.69. The fourth-order valence-electron chi connectivity index (χ4n) is 3.80. The molecule has 0 bridgehead atoms. The van der Waals surface area contributed by atoms with Crippen molar-refractivity contribution in [3.8, 4) is 5.69 Å². The highest BCUT2D eigenvalue weighted by Gasteiger charge is 2.28. The van der Waals surface area contributed by atoms with E-state index in [4.69, 9.17) is 4.74 Å². The first kappa shape index (κ1) is 18.4. The van der Waals surface area contributed by atoms with Crippen LogP contribution in [0.25, 0.3) is 5.69 Å². The number of halogens is 1. The molecule has 0 spiro atoms. The Bertz CT molecular complexity index is 967. The summed E-state index contributed by atoms with van der Waals surface area (Å²) in [5, 5.41) is 0. The van der Waals surface area contributed by atoms with Crippen molar-refractivity contribution in [3.63, 3.8) is 0 Å². The Hall–Kier alpha value is -2.96. The van der Waals surface area contributed by atoms with Crippen LogP contribution < -0.4 is 5.56 Å². The second kappa shape index (κ2) is 7.58. The van der Waals surface area contributed by atoms with Crippen molar-refractivity contribution >= 4 is 11.9 Å². The number of aromatic nitrogens is 1. The van der Waals surface area contributed by atoms with Crippen molar-refractivity contribution in [2.75, 3.05) is 13.2 Å². The van der Waals surface area contributed by atoms with Crippen molar-refractivity contribution in [2.45, 2.75) is 32.2 Å². The molecule has 146 valence electrons. The van der Waals surface area contributed by atoms with E-state index in [1.807, 2.05) is 0 Å². The molecule has 1 unspecified atom stereocenters. The Balaban J connectivity index is 1.48. The second-order valence-electron chi connectivity index (χ2n) is 7.27. The van der Waals surface area contributed by atoms with Crippen molar-refractivity contribution in [3.05, 3.63) is 63.8 Å². The number of esters is 1. The standard InChI is InChI=1S/C21H21FN2O4/c22-17-2-4-18(5-3-17)24-13-16-12-23(9-7-15(16)11-20(24)26)19(25)6-1-14-8-10-28-21(14)27/h2-5,11,13-14H,1,6-10,12H2. The lowest BCUT2D eigenvalue weighted by atomic mass is 9.99. The van der Waals surface area contributed by atoms with Crippen molar-refractivity contribution in [1.82, 2.24) is 9.47 Å². The van der Waals surface area contributed by atoms with Gasteiger partial charge in [0.2, 0.25) is 5.91 Å². The maximum absolute atomic E-state index is 13.2. The minimum absolute atomic E-state index is 0.00452. The van der Waals surface area contributed by atoms with Crippen LogP contribution in [-0.4, -0.2) is 34.5 Å². The lowest BCUT2D eigenvalue weighted by molar-refractivity contribution is -0.141. The van der Waals surface area contributed by atoms with Crippen LogP contribution in [0.15, 0.2) is 41.3 Å². The predicted molar refractivity (Wildman–Crippen MR) is 99.4 cm³/mol. The van der Waals surface area contributed by atoms with Gasteiger partial charge < -0.3 is 9.64 Å². The second-order valence-corrected chi connectivity index (χ2v) is 7.27. The highest BCUT2D eigenvalue weighted by molar-refractivity contribution is 5.78. The van der Waals surface area contributed by atoms with Gasteiger partial charge in [-0.1, -0.05) is 0 Å². The van der Waals surface area contributed by atoms with Crippen LogP contribution in [0.3, 0.4) is 0 Å². The van der Waals surface area contributed by atoms with Gasteiger partial charge in [0.15, 0.2) is 0 Å². The molecule has 6 nitrogen and oxygen atoms in total. The van der Waals surface area contributed by atoms with Crippen LogP contribution >= 0.6 is 0 Å². The van der Waals surface area contributed by atoms with Crippen LogP contribution in [0.1, 0.15) is 30.4 Å². The molecule has 0 saturated carbocycles. The van der Waals surface area contributed by atoms with Gasteiger partial charge in [0.1, 0.15) is 5.82 Å². The minimum atomic E-state index is -0.363. The number of hydrogen-bond acceptors (Lipinski definition) is 4. The minimum Gasteiger partial charge on any atom is -0.465 e. The molecule has 0 aliphatic carbocycles. The molecule has 28 heavy (non-hydrogen) atoms. The normalized spacial score (nSPS) is 18.7. The highest BCUT2D eigenvalue weighted by Crippen LogP contribution is 2.23. The van der Waals surface area contributed by atoms with Crippen LogP contribution in [0.4, 0.5) is 4.39 Å². The topological polar surface area (TPSA) is 68.6 Å². The van der Waals surface area contributed by atoms with Gasteiger partial charge in [0.05, 0.1) is 12.5 Å². The molecule has 1 aromatic carbocycles. The average Bonchev–Trinajstić information content (AvgIpc) is 3.11. The van der Waals surface area contributed by atoms with Crippen LogP contribution in [0.2, 0.25) is 0 Å². The molecule has 0 N–H and O–H groups in total. The predicted octanol–water partition coefficient (Wildman–Crippen LogP) is 2.20. The number of ether oxygens (including phenoxy) is 1. The van der Waals surface area contributed by atoms with Crippen molar-refractivity contribution < 1.29 is 18.7 Å². The third-order valence-corrected chi connectivity index (χ3v) is 5.45.